The summed E-state index contributed by atoms with van der Waals surface area (Å²) in [6.07, 6.45) is 4.86. The molecule has 0 saturated heterocycles. The van der Waals surface area contributed by atoms with Gasteiger partial charge in [-0.3, -0.25) is 9.78 Å². The van der Waals surface area contributed by atoms with E-state index in [2.05, 4.69) is 20.6 Å². The third-order valence-electron chi connectivity index (χ3n) is 2.49. The molecule has 92 valence electrons. The maximum atomic E-state index is 12.0. The van der Waals surface area contributed by atoms with E-state index in [1.165, 1.54) is 6.20 Å². The van der Waals surface area contributed by atoms with Crippen molar-refractivity contribution in [3.63, 3.8) is 0 Å². The van der Waals surface area contributed by atoms with Gasteiger partial charge in [-0.2, -0.15) is 0 Å². The number of carbonyl (C=O) groups excluding carboxylic acids is 1. The third kappa shape index (κ3) is 2.63. The number of rotatable bonds is 3. The summed E-state index contributed by atoms with van der Waals surface area (Å²) >= 11 is 0. The van der Waals surface area contributed by atoms with Gasteiger partial charge in [0, 0.05) is 31.3 Å². The minimum absolute atomic E-state index is 0.233. The largest absolute Gasteiger partial charge is 0.387 e. The number of hydrogen-bond acceptors (Lipinski definition) is 4. The van der Waals surface area contributed by atoms with Crippen LogP contribution in [-0.4, -0.2) is 22.9 Å². The molecule has 0 bridgehead atoms. The van der Waals surface area contributed by atoms with Crippen molar-refractivity contribution in [2.24, 2.45) is 0 Å². The van der Waals surface area contributed by atoms with Crippen molar-refractivity contribution in [3.05, 3.63) is 47.9 Å². The van der Waals surface area contributed by atoms with Gasteiger partial charge in [0.2, 0.25) is 0 Å². The maximum absolute atomic E-state index is 12.0. The lowest BCUT2D eigenvalue weighted by Crippen LogP contribution is -2.15. The number of nitrogens with zero attached hydrogens (tertiary/aromatic N) is 2. The van der Waals surface area contributed by atoms with Crippen LogP contribution in [0, 0.1) is 6.92 Å². The average Bonchev–Trinajstić information content (AvgIpc) is 2.41. The Labute approximate surface area is 105 Å². The van der Waals surface area contributed by atoms with Crippen LogP contribution in [0.5, 0.6) is 0 Å². The zero-order valence-corrected chi connectivity index (χ0v) is 10.3. The molecule has 2 heterocycles. The Morgan fingerprint density at radius 1 is 1.22 bits per heavy atom. The molecular weight excluding hydrogens is 228 g/mol. The van der Waals surface area contributed by atoms with E-state index < -0.39 is 0 Å². The molecule has 0 atom stereocenters. The van der Waals surface area contributed by atoms with Gasteiger partial charge in [0.15, 0.2) is 0 Å². The zero-order valence-electron chi connectivity index (χ0n) is 10.3. The predicted octanol–water partition coefficient (Wildman–Crippen LogP) is 2.08. The van der Waals surface area contributed by atoms with Crippen LogP contribution in [0.15, 0.2) is 36.8 Å². The molecule has 0 saturated carbocycles. The molecule has 2 aromatic rings. The first-order chi connectivity index (χ1) is 8.70. The van der Waals surface area contributed by atoms with Crippen molar-refractivity contribution in [1.82, 2.24) is 9.97 Å². The summed E-state index contributed by atoms with van der Waals surface area (Å²) in [6.45, 7) is 1.94. The van der Waals surface area contributed by atoms with Gasteiger partial charge in [-0.25, -0.2) is 4.98 Å². The first-order valence-corrected chi connectivity index (χ1v) is 5.56. The summed E-state index contributed by atoms with van der Waals surface area (Å²) in [5.74, 6) is 0.292. The second-order valence-electron chi connectivity index (χ2n) is 3.85. The predicted molar refractivity (Wildman–Crippen MR) is 70.7 cm³/mol. The number of amides is 1. The van der Waals surface area contributed by atoms with Crippen LogP contribution in [0.3, 0.4) is 0 Å². The second-order valence-corrected chi connectivity index (χ2v) is 3.85. The van der Waals surface area contributed by atoms with Crippen LogP contribution >= 0.6 is 0 Å². The molecular formula is C13H14N4O. The lowest BCUT2D eigenvalue weighted by atomic mass is 10.2. The smallest absolute Gasteiger partial charge is 0.260 e. The molecule has 2 N–H and O–H groups in total. The van der Waals surface area contributed by atoms with E-state index in [1.54, 1.807) is 31.6 Å². The van der Waals surface area contributed by atoms with Gasteiger partial charge < -0.3 is 10.6 Å². The van der Waals surface area contributed by atoms with E-state index in [0.717, 1.165) is 11.3 Å². The monoisotopic (exact) mass is 242 g/mol. The number of hydrogen-bond donors (Lipinski definition) is 2. The summed E-state index contributed by atoms with van der Waals surface area (Å²) in [7, 11) is 1.76. The van der Waals surface area contributed by atoms with E-state index in [4.69, 9.17) is 0 Å². The Kier molecular flexibility index (Phi) is 3.52. The summed E-state index contributed by atoms with van der Waals surface area (Å²) in [6, 6.07) is 5.41. The summed E-state index contributed by atoms with van der Waals surface area (Å²) < 4.78 is 0. The summed E-state index contributed by atoms with van der Waals surface area (Å²) in [4.78, 5) is 20.1. The Morgan fingerprint density at radius 2 is 2.06 bits per heavy atom. The van der Waals surface area contributed by atoms with Gasteiger partial charge in [0.05, 0.1) is 5.56 Å². The molecule has 1 amide bonds. The summed E-state index contributed by atoms with van der Waals surface area (Å²) in [5.41, 5.74) is 2.27. The molecule has 0 unspecified atom stereocenters. The van der Waals surface area contributed by atoms with Crippen molar-refractivity contribution < 1.29 is 4.79 Å². The first kappa shape index (κ1) is 12.0. The molecule has 0 aliphatic rings. The molecule has 5 nitrogen and oxygen atoms in total. The standard InChI is InChI=1S/C13H14N4O/c1-9-3-4-12(16-7-9)17-13(18)10-8-15-6-5-11(10)14-2/h3-8H,1-2H3,(H,14,15)(H,16,17,18). The second kappa shape index (κ2) is 5.27. The van der Waals surface area contributed by atoms with Crippen LogP contribution in [0.1, 0.15) is 15.9 Å². The van der Waals surface area contributed by atoms with E-state index in [-0.39, 0.29) is 5.91 Å². The lowest BCUT2D eigenvalue weighted by molar-refractivity contribution is 0.102. The highest BCUT2D eigenvalue weighted by molar-refractivity contribution is 6.07. The Balaban J connectivity index is 2.19. The van der Waals surface area contributed by atoms with Crippen LogP contribution in [0.2, 0.25) is 0 Å². The highest BCUT2D eigenvalue weighted by Crippen LogP contribution is 2.14. The number of aromatic nitrogens is 2. The van der Waals surface area contributed by atoms with Crippen molar-refractivity contribution in [1.29, 1.82) is 0 Å². The highest BCUT2D eigenvalue weighted by atomic mass is 16.1. The third-order valence-corrected chi connectivity index (χ3v) is 2.49. The van der Waals surface area contributed by atoms with Gasteiger partial charge in [-0.1, -0.05) is 6.07 Å². The van der Waals surface area contributed by atoms with Crippen molar-refractivity contribution in [2.45, 2.75) is 6.92 Å². The Bertz CT molecular complexity index is 551. The number of nitrogens with one attached hydrogen (secondary N) is 2. The van der Waals surface area contributed by atoms with Gasteiger partial charge in [0.1, 0.15) is 5.82 Å². The summed E-state index contributed by atoms with van der Waals surface area (Å²) in [5, 5.41) is 5.68. The molecule has 0 aliphatic heterocycles. The van der Waals surface area contributed by atoms with E-state index in [0.29, 0.717) is 11.4 Å². The number of carbonyl (C=O) groups is 1. The maximum Gasteiger partial charge on any atom is 0.260 e. The highest BCUT2D eigenvalue weighted by Gasteiger charge is 2.11. The van der Waals surface area contributed by atoms with Gasteiger partial charge >= 0.3 is 0 Å². The number of anilines is 2. The van der Waals surface area contributed by atoms with E-state index in [9.17, 15) is 4.79 Å². The topological polar surface area (TPSA) is 66.9 Å². The quantitative estimate of drug-likeness (QED) is 0.864. The molecule has 0 radical (unpaired) electrons. The molecule has 5 heteroatoms. The number of pyridine rings is 2. The lowest BCUT2D eigenvalue weighted by Gasteiger charge is -2.08. The van der Waals surface area contributed by atoms with Gasteiger partial charge in [-0.05, 0) is 24.6 Å². The van der Waals surface area contributed by atoms with Gasteiger partial charge in [-0.15, -0.1) is 0 Å². The SMILES string of the molecule is CNc1ccncc1C(=O)Nc1ccc(C)cn1. The minimum atomic E-state index is -0.233. The molecule has 0 aliphatic carbocycles. The molecule has 0 spiro atoms. The fourth-order valence-electron chi connectivity index (χ4n) is 1.52. The fraction of sp³-hybridized carbons (Fsp3) is 0.154. The normalized spacial score (nSPS) is 9.89. The molecule has 0 aromatic carbocycles. The molecule has 0 fully saturated rings. The van der Waals surface area contributed by atoms with E-state index in [1.807, 2.05) is 13.0 Å². The molecule has 2 aromatic heterocycles. The first-order valence-electron chi connectivity index (χ1n) is 5.56. The molecule has 18 heavy (non-hydrogen) atoms. The van der Waals surface area contributed by atoms with Crippen LogP contribution in [0.25, 0.3) is 0 Å². The fourth-order valence-corrected chi connectivity index (χ4v) is 1.52. The van der Waals surface area contributed by atoms with Gasteiger partial charge in [0.25, 0.3) is 5.91 Å². The zero-order chi connectivity index (χ0) is 13.0. The minimum Gasteiger partial charge on any atom is -0.387 e. The van der Waals surface area contributed by atoms with Crippen molar-refractivity contribution in [2.75, 3.05) is 17.7 Å². The van der Waals surface area contributed by atoms with Crippen LogP contribution in [0.4, 0.5) is 11.5 Å². The van der Waals surface area contributed by atoms with Crippen LogP contribution < -0.4 is 10.6 Å². The van der Waals surface area contributed by atoms with Crippen molar-refractivity contribution in [3.8, 4) is 0 Å². The van der Waals surface area contributed by atoms with Crippen LogP contribution in [-0.2, 0) is 0 Å². The Hall–Kier alpha value is -2.43. The molecule has 2 rings (SSSR count). The van der Waals surface area contributed by atoms with E-state index >= 15 is 0 Å². The number of aryl methyl sites for hydroxylation is 1. The van der Waals surface area contributed by atoms with Crippen molar-refractivity contribution >= 4 is 17.4 Å². The Morgan fingerprint density at radius 3 is 2.72 bits per heavy atom. The average molecular weight is 242 g/mol.